The van der Waals surface area contributed by atoms with Gasteiger partial charge >= 0.3 is 0 Å². The minimum atomic E-state index is 1.01. The van der Waals surface area contributed by atoms with Crippen molar-refractivity contribution in [2.24, 2.45) is 0 Å². The zero-order chi connectivity index (χ0) is 20.8. The van der Waals surface area contributed by atoms with Crippen molar-refractivity contribution in [3.05, 3.63) is 97.2 Å². The Balaban J connectivity index is 1.56. The molecule has 0 N–H and O–H groups in total. The summed E-state index contributed by atoms with van der Waals surface area (Å²) < 4.78 is 5.20. The van der Waals surface area contributed by atoms with Gasteiger partial charge in [0.1, 0.15) is 0 Å². The van der Waals surface area contributed by atoms with E-state index >= 15 is 0 Å². The standard InChI is InChI=1S/C29H16N2S/c1-2-10-26-18(6-1)20-12-14-25-27(29(20)32-26)21-8-5-7-19-22-16-17(23-9-3-4-15-30-23)11-13-24(22)31(25)28(19)21/h1-16H. The minimum absolute atomic E-state index is 1.01. The topological polar surface area (TPSA) is 17.3 Å². The molecule has 0 saturated heterocycles. The summed E-state index contributed by atoms with van der Waals surface area (Å²) in [7, 11) is 0. The average molecular weight is 425 g/mol. The van der Waals surface area contributed by atoms with Crippen LogP contribution in [-0.2, 0) is 0 Å². The van der Waals surface area contributed by atoms with E-state index in [-0.39, 0.29) is 0 Å². The van der Waals surface area contributed by atoms with Crippen molar-refractivity contribution < 1.29 is 0 Å². The van der Waals surface area contributed by atoms with E-state index in [9.17, 15) is 0 Å². The molecule has 148 valence electrons. The third kappa shape index (κ3) is 1.97. The van der Waals surface area contributed by atoms with Crippen molar-refractivity contribution in [3.8, 4) is 11.3 Å². The van der Waals surface area contributed by atoms with Crippen LogP contribution in [0.5, 0.6) is 0 Å². The number of hydrogen-bond donors (Lipinski definition) is 0. The third-order valence-corrected chi connectivity index (χ3v) is 7.99. The van der Waals surface area contributed by atoms with E-state index in [4.69, 9.17) is 0 Å². The van der Waals surface area contributed by atoms with Crippen LogP contribution in [0.2, 0.25) is 0 Å². The van der Waals surface area contributed by atoms with E-state index in [0.717, 1.165) is 11.3 Å². The van der Waals surface area contributed by atoms with Crippen LogP contribution in [0.4, 0.5) is 0 Å². The summed E-state index contributed by atoms with van der Waals surface area (Å²) in [5.74, 6) is 0. The summed E-state index contributed by atoms with van der Waals surface area (Å²) in [6.07, 6.45) is 1.86. The number of rotatable bonds is 1. The minimum Gasteiger partial charge on any atom is -0.308 e. The second kappa shape index (κ2) is 5.84. The fourth-order valence-corrected chi connectivity index (χ4v) is 6.70. The molecule has 4 aromatic heterocycles. The van der Waals surface area contributed by atoms with Gasteiger partial charge in [-0.25, -0.2) is 0 Å². The number of aromatic nitrogens is 2. The fraction of sp³-hybridized carbons (Fsp3) is 0. The Morgan fingerprint density at radius 1 is 0.625 bits per heavy atom. The Kier molecular flexibility index (Phi) is 3.05. The van der Waals surface area contributed by atoms with E-state index < -0.39 is 0 Å². The van der Waals surface area contributed by atoms with Crippen molar-refractivity contribution in [1.29, 1.82) is 0 Å². The van der Waals surface area contributed by atoms with E-state index in [2.05, 4.69) is 88.2 Å². The monoisotopic (exact) mass is 424 g/mol. The van der Waals surface area contributed by atoms with E-state index in [1.807, 2.05) is 29.7 Å². The van der Waals surface area contributed by atoms with Crippen molar-refractivity contribution in [2.45, 2.75) is 0 Å². The lowest BCUT2D eigenvalue weighted by Gasteiger charge is -2.03. The molecule has 4 heterocycles. The van der Waals surface area contributed by atoms with Crippen LogP contribution >= 0.6 is 11.3 Å². The molecule has 8 rings (SSSR count). The summed E-state index contributed by atoms with van der Waals surface area (Å²) in [6, 6.07) is 32.9. The van der Waals surface area contributed by atoms with Crippen LogP contribution < -0.4 is 0 Å². The average Bonchev–Trinajstić information content (AvgIpc) is 3.50. The van der Waals surface area contributed by atoms with Gasteiger partial charge in [0.25, 0.3) is 0 Å². The van der Waals surface area contributed by atoms with Gasteiger partial charge in [0.05, 0.1) is 22.2 Å². The highest BCUT2D eigenvalue weighted by Crippen LogP contribution is 2.45. The summed E-state index contributed by atoms with van der Waals surface area (Å²) in [5, 5.41) is 8.01. The van der Waals surface area contributed by atoms with Gasteiger partial charge in [0, 0.05) is 53.5 Å². The Morgan fingerprint density at radius 2 is 1.47 bits per heavy atom. The maximum atomic E-state index is 4.56. The van der Waals surface area contributed by atoms with Crippen LogP contribution in [0, 0.1) is 0 Å². The predicted octanol–water partition coefficient (Wildman–Crippen LogP) is 8.27. The van der Waals surface area contributed by atoms with Gasteiger partial charge in [-0.1, -0.05) is 54.6 Å². The van der Waals surface area contributed by atoms with Gasteiger partial charge in [0.2, 0.25) is 0 Å². The molecular formula is C29H16N2S. The molecule has 8 aromatic rings. The highest BCUT2D eigenvalue weighted by atomic mass is 32.1. The Bertz CT molecular complexity index is 1980. The second-order valence-electron chi connectivity index (χ2n) is 8.42. The SMILES string of the molecule is c1ccc(-c2ccc3c(c2)c2cccc4c5c6sc7ccccc7c6ccc5n3c24)nc1. The number of hydrogen-bond acceptors (Lipinski definition) is 2. The summed E-state index contributed by atoms with van der Waals surface area (Å²) in [6.45, 7) is 0. The van der Waals surface area contributed by atoms with Crippen molar-refractivity contribution in [3.63, 3.8) is 0 Å². The summed E-state index contributed by atoms with van der Waals surface area (Å²) in [5.41, 5.74) is 6.03. The number of fused-ring (bicyclic) bond motifs is 10. The van der Waals surface area contributed by atoms with Gasteiger partial charge in [-0.3, -0.25) is 4.98 Å². The molecule has 0 fully saturated rings. The molecule has 0 unspecified atom stereocenters. The first kappa shape index (κ1) is 16.7. The highest BCUT2D eigenvalue weighted by molar-refractivity contribution is 7.26. The number of nitrogens with zero attached hydrogens (tertiary/aromatic N) is 2. The fourth-order valence-electron chi connectivity index (χ4n) is 5.44. The molecule has 3 heteroatoms. The molecule has 0 bridgehead atoms. The molecule has 0 saturated carbocycles. The molecule has 0 atom stereocenters. The van der Waals surface area contributed by atoms with Crippen molar-refractivity contribution in [2.75, 3.05) is 0 Å². The second-order valence-corrected chi connectivity index (χ2v) is 9.47. The van der Waals surface area contributed by atoms with Gasteiger partial charge in [-0.05, 0) is 36.4 Å². The van der Waals surface area contributed by atoms with Crippen LogP contribution in [0.3, 0.4) is 0 Å². The van der Waals surface area contributed by atoms with Gasteiger partial charge in [-0.15, -0.1) is 11.3 Å². The molecule has 2 nitrogen and oxygen atoms in total. The molecule has 0 aliphatic carbocycles. The van der Waals surface area contributed by atoms with Crippen LogP contribution in [0.15, 0.2) is 97.2 Å². The quantitative estimate of drug-likeness (QED) is 0.259. The smallest absolute Gasteiger partial charge is 0.0702 e. The molecule has 0 aliphatic heterocycles. The van der Waals surface area contributed by atoms with Crippen molar-refractivity contribution in [1.82, 2.24) is 9.38 Å². The van der Waals surface area contributed by atoms with Gasteiger partial charge < -0.3 is 4.40 Å². The first-order chi connectivity index (χ1) is 15.9. The normalized spacial score (nSPS) is 12.4. The first-order valence-corrected chi connectivity index (χ1v) is 11.6. The van der Waals surface area contributed by atoms with Crippen LogP contribution in [0.1, 0.15) is 0 Å². The zero-order valence-corrected chi connectivity index (χ0v) is 17.9. The van der Waals surface area contributed by atoms with E-state index in [1.54, 1.807) is 0 Å². The maximum absolute atomic E-state index is 4.56. The number of para-hydroxylation sites is 1. The predicted molar refractivity (Wildman–Crippen MR) is 137 cm³/mol. The molecule has 0 aliphatic rings. The lowest BCUT2D eigenvalue weighted by atomic mass is 10.0. The van der Waals surface area contributed by atoms with Crippen LogP contribution in [0.25, 0.3) is 69.5 Å². The Morgan fingerprint density at radius 3 is 2.41 bits per heavy atom. The Labute approximate surface area is 187 Å². The summed E-state index contributed by atoms with van der Waals surface area (Å²) >= 11 is 1.91. The lowest BCUT2D eigenvalue weighted by Crippen LogP contribution is -1.83. The molecule has 0 amide bonds. The molecule has 4 aromatic carbocycles. The zero-order valence-electron chi connectivity index (χ0n) is 17.0. The molecule has 0 radical (unpaired) electrons. The highest BCUT2D eigenvalue weighted by Gasteiger charge is 2.20. The molecule has 32 heavy (non-hydrogen) atoms. The molecule has 0 spiro atoms. The third-order valence-electron chi connectivity index (χ3n) is 6.78. The molecular weight excluding hydrogens is 408 g/mol. The largest absolute Gasteiger partial charge is 0.308 e. The van der Waals surface area contributed by atoms with Gasteiger partial charge in [-0.2, -0.15) is 0 Å². The van der Waals surface area contributed by atoms with Crippen LogP contribution in [-0.4, -0.2) is 9.38 Å². The Hall–Kier alpha value is -3.95. The number of pyridine rings is 1. The van der Waals surface area contributed by atoms with E-state index in [0.29, 0.717) is 0 Å². The van der Waals surface area contributed by atoms with Gasteiger partial charge in [0.15, 0.2) is 0 Å². The number of benzene rings is 4. The number of thiophene rings is 1. The van der Waals surface area contributed by atoms with E-state index in [1.165, 1.54) is 58.3 Å². The lowest BCUT2D eigenvalue weighted by molar-refractivity contribution is 1.33. The maximum Gasteiger partial charge on any atom is 0.0702 e. The first-order valence-electron chi connectivity index (χ1n) is 10.8. The summed E-state index contributed by atoms with van der Waals surface area (Å²) in [4.78, 5) is 4.56. The van der Waals surface area contributed by atoms with Crippen molar-refractivity contribution >= 4 is 69.6 Å².